The molecule has 4 bridgehead atoms. The molecule has 1 aromatic heterocycles. The van der Waals surface area contributed by atoms with Crippen LogP contribution in [0.3, 0.4) is 0 Å². The highest BCUT2D eigenvalue weighted by molar-refractivity contribution is 7.14. The van der Waals surface area contributed by atoms with Crippen LogP contribution in [0.4, 0.5) is 10.8 Å². The van der Waals surface area contributed by atoms with Crippen LogP contribution in [0.25, 0.3) is 0 Å². The van der Waals surface area contributed by atoms with Crippen molar-refractivity contribution in [3.05, 3.63) is 41.4 Å². The highest BCUT2D eigenvalue weighted by atomic mass is 32.1. The van der Waals surface area contributed by atoms with Crippen LogP contribution in [0.15, 0.2) is 40.8 Å². The van der Waals surface area contributed by atoms with Gasteiger partial charge >= 0.3 is 0 Å². The van der Waals surface area contributed by atoms with Crippen LogP contribution in [0, 0.1) is 17.8 Å². The average Bonchev–Trinajstić information content (AvgIpc) is 3.23. The molecule has 7 heteroatoms. The third kappa shape index (κ3) is 3.39. The molecule has 4 fully saturated rings. The van der Waals surface area contributed by atoms with Gasteiger partial charge < -0.3 is 0 Å². The summed E-state index contributed by atoms with van der Waals surface area (Å²) in [6.07, 6.45) is 8.62. The fourth-order valence-electron chi connectivity index (χ4n) is 6.66. The van der Waals surface area contributed by atoms with Crippen LogP contribution >= 0.6 is 11.3 Å². The quantitative estimate of drug-likeness (QED) is 0.756. The van der Waals surface area contributed by atoms with Gasteiger partial charge in [0.2, 0.25) is 5.91 Å². The van der Waals surface area contributed by atoms with Gasteiger partial charge in [-0.05, 0) is 68.4 Å². The molecule has 1 N–H and O–H groups in total. The number of thiazole rings is 1. The van der Waals surface area contributed by atoms with E-state index in [2.05, 4.69) is 15.8 Å². The Labute approximate surface area is 185 Å². The molecular weight excluding hydrogens is 408 g/mol. The molecule has 1 aliphatic heterocycles. The lowest BCUT2D eigenvalue weighted by Crippen LogP contribution is -2.48. The first-order valence-electron chi connectivity index (χ1n) is 11.3. The topological polar surface area (TPSA) is 74.7 Å². The maximum Gasteiger partial charge on any atom is 0.273 e. The maximum absolute atomic E-state index is 12.9. The first-order chi connectivity index (χ1) is 15.1. The number of nitrogens with zero attached hydrogens (tertiary/aromatic N) is 3. The van der Waals surface area contributed by atoms with E-state index in [1.807, 2.05) is 30.3 Å². The number of anilines is 2. The van der Waals surface area contributed by atoms with E-state index in [4.69, 9.17) is 4.98 Å². The smallest absolute Gasteiger partial charge is 0.273 e. The fourth-order valence-corrected chi connectivity index (χ4v) is 7.48. The second kappa shape index (κ2) is 7.26. The summed E-state index contributed by atoms with van der Waals surface area (Å²) in [7, 11) is 0. The van der Waals surface area contributed by atoms with Gasteiger partial charge in [-0.15, -0.1) is 11.3 Å². The second-order valence-electron chi connectivity index (χ2n) is 9.78. The van der Waals surface area contributed by atoms with Crippen molar-refractivity contribution in [2.75, 3.05) is 10.3 Å². The number of aromatic nitrogens is 1. The number of benzene rings is 1. The number of carbonyl (C=O) groups is 2. The summed E-state index contributed by atoms with van der Waals surface area (Å²) in [6, 6.07) is 9.24. The zero-order valence-corrected chi connectivity index (χ0v) is 18.2. The predicted molar refractivity (Wildman–Crippen MR) is 121 cm³/mol. The highest BCUT2D eigenvalue weighted by Gasteiger charge is 2.52. The summed E-state index contributed by atoms with van der Waals surface area (Å²) >= 11 is 1.51. The normalized spacial score (nSPS) is 31.6. The lowest BCUT2D eigenvalue weighted by Gasteiger charge is -2.56. The van der Waals surface area contributed by atoms with Crippen LogP contribution < -0.4 is 10.3 Å². The number of carbonyl (C=O) groups excluding carboxylic acids is 2. The van der Waals surface area contributed by atoms with Gasteiger partial charge in [0.15, 0.2) is 5.13 Å². The molecule has 7 rings (SSSR count). The van der Waals surface area contributed by atoms with E-state index in [1.165, 1.54) is 60.6 Å². The van der Waals surface area contributed by atoms with E-state index in [0.717, 1.165) is 17.8 Å². The minimum atomic E-state index is -0.264. The van der Waals surface area contributed by atoms with Crippen LogP contribution in [0.2, 0.25) is 0 Å². The Kier molecular flexibility index (Phi) is 4.49. The van der Waals surface area contributed by atoms with Crippen molar-refractivity contribution in [1.29, 1.82) is 0 Å². The molecule has 2 heterocycles. The molecule has 6 nitrogen and oxygen atoms in total. The number of nitrogens with one attached hydrogen (secondary N) is 1. The van der Waals surface area contributed by atoms with Gasteiger partial charge in [-0.3, -0.25) is 14.9 Å². The Morgan fingerprint density at radius 1 is 1.03 bits per heavy atom. The molecule has 2 amide bonds. The Morgan fingerprint density at radius 3 is 2.39 bits per heavy atom. The van der Waals surface area contributed by atoms with Gasteiger partial charge in [-0.25, -0.2) is 9.99 Å². The summed E-state index contributed by atoms with van der Waals surface area (Å²) in [5.41, 5.74) is 2.46. The van der Waals surface area contributed by atoms with Gasteiger partial charge in [0.25, 0.3) is 5.91 Å². The molecule has 0 spiro atoms. The van der Waals surface area contributed by atoms with Crippen LogP contribution in [-0.2, 0) is 15.0 Å². The first-order valence-corrected chi connectivity index (χ1v) is 12.2. The van der Waals surface area contributed by atoms with Gasteiger partial charge in [0.05, 0.1) is 11.4 Å². The Morgan fingerprint density at radius 2 is 1.71 bits per heavy atom. The van der Waals surface area contributed by atoms with Crippen LogP contribution in [0.5, 0.6) is 0 Å². The predicted octanol–water partition coefficient (Wildman–Crippen LogP) is 4.73. The molecule has 160 valence electrons. The van der Waals surface area contributed by atoms with Gasteiger partial charge in [-0.2, -0.15) is 5.10 Å². The largest absolute Gasteiger partial charge is 0.297 e. The van der Waals surface area contributed by atoms with E-state index in [9.17, 15) is 9.59 Å². The molecular formula is C24H26N4O2S. The van der Waals surface area contributed by atoms with Crippen molar-refractivity contribution in [2.45, 2.75) is 56.8 Å². The number of amides is 2. The Hall–Kier alpha value is -2.54. The van der Waals surface area contributed by atoms with Crippen molar-refractivity contribution in [3.63, 3.8) is 0 Å². The SMILES string of the molecule is O=C(Nc1nc(C23CC4CC(CC(C4)C2)C3)cs1)C1=NN(c2ccccc2)C(=O)CC1. The molecule has 31 heavy (non-hydrogen) atoms. The molecule has 0 unspecified atom stereocenters. The lowest BCUT2D eigenvalue weighted by molar-refractivity contribution is -0.118. The van der Waals surface area contributed by atoms with Crippen LogP contribution in [-0.4, -0.2) is 22.5 Å². The standard InChI is InChI=1S/C24H26N4O2S/c29-21-7-6-19(27-28(21)18-4-2-1-3-5-18)22(30)26-23-25-20(14-31-23)24-11-15-8-16(12-24)10-17(9-15)13-24/h1-5,14-17H,6-13H2,(H,25,26,30). The van der Waals surface area contributed by atoms with E-state index >= 15 is 0 Å². The lowest BCUT2D eigenvalue weighted by atomic mass is 9.49. The minimum Gasteiger partial charge on any atom is -0.297 e. The summed E-state index contributed by atoms with van der Waals surface area (Å²) in [4.78, 5) is 30.1. The van der Waals surface area contributed by atoms with E-state index in [-0.39, 0.29) is 23.7 Å². The summed E-state index contributed by atoms with van der Waals surface area (Å²) < 4.78 is 0. The third-order valence-corrected chi connectivity index (χ3v) is 8.36. The van der Waals surface area contributed by atoms with Crippen molar-refractivity contribution in [3.8, 4) is 0 Å². The highest BCUT2D eigenvalue weighted by Crippen LogP contribution is 2.60. The summed E-state index contributed by atoms with van der Waals surface area (Å²) in [5, 5.41) is 11.4. The molecule has 0 saturated heterocycles. The molecule has 4 saturated carbocycles. The fraction of sp³-hybridized carbons (Fsp3) is 0.500. The molecule has 0 atom stereocenters. The summed E-state index contributed by atoms with van der Waals surface area (Å²) in [5.74, 6) is 2.23. The number of hydrogen-bond donors (Lipinski definition) is 1. The van der Waals surface area contributed by atoms with Gasteiger partial charge in [0, 0.05) is 23.6 Å². The van der Waals surface area contributed by atoms with Gasteiger partial charge in [0.1, 0.15) is 5.71 Å². The Balaban J connectivity index is 1.20. The molecule has 1 aromatic carbocycles. The molecule has 5 aliphatic rings. The monoisotopic (exact) mass is 434 g/mol. The van der Waals surface area contributed by atoms with E-state index in [1.54, 1.807) is 0 Å². The first kappa shape index (κ1) is 19.2. The van der Waals surface area contributed by atoms with Gasteiger partial charge in [-0.1, -0.05) is 18.2 Å². The number of para-hydroxylation sites is 1. The average molecular weight is 435 g/mol. The van der Waals surface area contributed by atoms with E-state index < -0.39 is 0 Å². The Bertz CT molecular complexity index is 1030. The molecule has 0 radical (unpaired) electrons. The third-order valence-electron chi connectivity index (χ3n) is 7.60. The molecule has 2 aromatic rings. The summed E-state index contributed by atoms with van der Waals surface area (Å²) in [6.45, 7) is 0. The number of hydrazone groups is 1. The maximum atomic E-state index is 12.9. The second-order valence-corrected chi connectivity index (χ2v) is 10.6. The van der Waals surface area contributed by atoms with Crippen LogP contribution in [0.1, 0.15) is 57.1 Å². The zero-order valence-electron chi connectivity index (χ0n) is 17.4. The number of hydrogen-bond acceptors (Lipinski definition) is 5. The number of rotatable bonds is 4. The zero-order chi connectivity index (χ0) is 21.0. The van der Waals surface area contributed by atoms with Crippen molar-refractivity contribution < 1.29 is 9.59 Å². The minimum absolute atomic E-state index is 0.0962. The van der Waals surface area contributed by atoms with Crippen molar-refractivity contribution in [2.24, 2.45) is 22.9 Å². The van der Waals surface area contributed by atoms with Crippen molar-refractivity contribution >= 4 is 39.7 Å². The molecule has 4 aliphatic carbocycles. The van der Waals surface area contributed by atoms with Crippen molar-refractivity contribution in [1.82, 2.24) is 4.98 Å². The van der Waals surface area contributed by atoms with E-state index in [0.29, 0.717) is 23.0 Å².